The Morgan fingerprint density at radius 2 is 1.59 bits per heavy atom. The number of nitrogens with one attached hydrogen (secondary N) is 2. The standard InChI is InChI=1S/C21H21FN4O/c1-3-14-8-7-9-15(4-2)19(14)26-21-23-12-16(13-24-21)20(27)25-18-11-6-5-10-17(18)22/h5-13H,3-4H2,1-2H3,(H,25,27)(H,23,24,26). The molecule has 0 saturated carbocycles. The van der Waals surface area contributed by atoms with Gasteiger partial charge in [-0.25, -0.2) is 14.4 Å². The molecule has 5 nitrogen and oxygen atoms in total. The van der Waals surface area contributed by atoms with Crippen molar-refractivity contribution in [2.75, 3.05) is 10.6 Å². The first-order chi connectivity index (χ1) is 13.1. The maximum atomic E-state index is 13.7. The van der Waals surface area contributed by atoms with Crippen LogP contribution in [-0.4, -0.2) is 15.9 Å². The molecule has 6 heteroatoms. The lowest BCUT2D eigenvalue weighted by atomic mass is 10.0. The third-order valence-electron chi connectivity index (χ3n) is 4.27. The Labute approximate surface area is 157 Å². The second-order valence-electron chi connectivity index (χ2n) is 6.01. The summed E-state index contributed by atoms with van der Waals surface area (Å²) in [6.45, 7) is 4.19. The fraction of sp³-hybridized carbons (Fsp3) is 0.190. The van der Waals surface area contributed by atoms with Crippen LogP contribution in [0.2, 0.25) is 0 Å². The summed E-state index contributed by atoms with van der Waals surface area (Å²) in [6, 6.07) is 12.2. The van der Waals surface area contributed by atoms with Gasteiger partial charge in [0.2, 0.25) is 5.95 Å². The van der Waals surface area contributed by atoms with E-state index >= 15 is 0 Å². The molecule has 3 rings (SSSR count). The van der Waals surface area contributed by atoms with Crippen molar-refractivity contribution in [1.82, 2.24) is 9.97 Å². The molecule has 1 amide bonds. The van der Waals surface area contributed by atoms with Gasteiger partial charge in [-0.05, 0) is 36.1 Å². The number of carbonyl (C=O) groups excluding carboxylic acids is 1. The molecule has 0 radical (unpaired) electrons. The molecule has 0 atom stereocenters. The highest BCUT2D eigenvalue weighted by molar-refractivity contribution is 6.03. The number of aromatic nitrogens is 2. The predicted molar refractivity (Wildman–Crippen MR) is 105 cm³/mol. The molecule has 0 aliphatic carbocycles. The van der Waals surface area contributed by atoms with Crippen molar-refractivity contribution in [2.45, 2.75) is 26.7 Å². The Hall–Kier alpha value is -3.28. The van der Waals surface area contributed by atoms with Crippen LogP contribution in [0.25, 0.3) is 0 Å². The van der Waals surface area contributed by atoms with Crippen molar-refractivity contribution in [1.29, 1.82) is 0 Å². The highest BCUT2D eigenvalue weighted by Gasteiger charge is 2.12. The lowest BCUT2D eigenvalue weighted by molar-refractivity contribution is 0.102. The predicted octanol–water partition coefficient (Wildman–Crippen LogP) is 4.74. The molecule has 0 saturated heterocycles. The second kappa shape index (κ2) is 8.40. The van der Waals surface area contributed by atoms with Gasteiger partial charge in [0.05, 0.1) is 11.3 Å². The van der Waals surface area contributed by atoms with Gasteiger partial charge in [-0.1, -0.05) is 44.2 Å². The van der Waals surface area contributed by atoms with E-state index in [9.17, 15) is 9.18 Å². The normalized spacial score (nSPS) is 10.5. The van der Waals surface area contributed by atoms with Gasteiger partial charge in [0.1, 0.15) is 5.82 Å². The zero-order valence-corrected chi connectivity index (χ0v) is 15.3. The molecule has 1 heterocycles. The van der Waals surface area contributed by atoms with Gasteiger partial charge in [0.15, 0.2) is 0 Å². The highest BCUT2D eigenvalue weighted by Crippen LogP contribution is 2.25. The summed E-state index contributed by atoms with van der Waals surface area (Å²) in [5, 5.41) is 5.77. The van der Waals surface area contributed by atoms with Crippen molar-refractivity contribution >= 4 is 23.2 Å². The first kappa shape index (κ1) is 18.5. The van der Waals surface area contributed by atoms with Gasteiger partial charge in [-0.15, -0.1) is 0 Å². The summed E-state index contributed by atoms with van der Waals surface area (Å²) in [5.41, 5.74) is 3.74. The number of hydrogen-bond acceptors (Lipinski definition) is 4. The summed E-state index contributed by atoms with van der Waals surface area (Å²) < 4.78 is 13.7. The maximum absolute atomic E-state index is 13.7. The number of nitrogens with zero attached hydrogens (tertiary/aromatic N) is 2. The third kappa shape index (κ3) is 4.28. The van der Waals surface area contributed by atoms with E-state index in [0.29, 0.717) is 5.95 Å². The molecule has 1 aromatic heterocycles. The van der Waals surface area contributed by atoms with E-state index in [1.807, 2.05) is 6.07 Å². The van der Waals surface area contributed by atoms with E-state index in [-0.39, 0.29) is 11.3 Å². The Morgan fingerprint density at radius 1 is 0.963 bits per heavy atom. The smallest absolute Gasteiger partial charge is 0.258 e. The van der Waals surface area contributed by atoms with Gasteiger partial charge in [0.25, 0.3) is 5.91 Å². The van der Waals surface area contributed by atoms with E-state index in [1.165, 1.54) is 35.7 Å². The van der Waals surface area contributed by atoms with Gasteiger partial charge >= 0.3 is 0 Å². The lowest BCUT2D eigenvalue weighted by Gasteiger charge is -2.14. The molecular weight excluding hydrogens is 343 g/mol. The zero-order chi connectivity index (χ0) is 19.2. The summed E-state index contributed by atoms with van der Waals surface area (Å²) in [7, 11) is 0. The van der Waals surface area contributed by atoms with Crippen molar-refractivity contribution in [2.24, 2.45) is 0 Å². The highest BCUT2D eigenvalue weighted by atomic mass is 19.1. The molecule has 2 N–H and O–H groups in total. The van der Waals surface area contributed by atoms with Crippen LogP contribution in [0.15, 0.2) is 54.9 Å². The SMILES string of the molecule is CCc1cccc(CC)c1Nc1ncc(C(=O)Nc2ccccc2F)cn1. The van der Waals surface area contributed by atoms with Crippen molar-refractivity contribution in [3.8, 4) is 0 Å². The first-order valence-electron chi connectivity index (χ1n) is 8.88. The number of amides is 1. The molecule has 3 aromatic rings. The number of aryl methyl sites for hydroxylation is 2. The van der Waals surface area contributed by atoms with E-state index in [4.69, 9.17) is 0 Å². The third-order valence-corrected chi connectivity index (χ3v) is 4.27. The van der Waals surface area contributed by atoms with Crippen molar-refractivity contribution in [3.05, 3.63) is 77.4 Å². The monoisotopic (exact) mass is 364 g/mol. The van der Waals surface area contributed by atoms with Crippen LogP contribution in [0, 0.1) is 5.82 Å². The molecule has 0 fully saturated rings. The van der Waals surface area contributed by atoms with Crippen LogP contribution in [0.3, 0.4) is 0 Å². The van der Waals surface area contributed by atoms with Crippen LogP contribution in [-0.2, 0) is 12.8 Å². The summed E-state index contributed by atoms with van der Waals surface area (Å²) >= 11 is 0. The first-order valence-corrected chi connectivity index (χ1v) is 8.88. The number of benzene rings is 2. The molecule has 0 spiro atoms. The van der Waals surface area contributed by atoms with E-state index in [2.05, 4.69) is 46.6 Å². The molecule has 27 heavy (non-hydrogen) atoms. The average Bonchev–Trinajstić information content (AvgIpc) is 2.70. The van der Waals surface area contributed by atoms with Crippen LogP contribution in [0.4, 0.5) is 21.7 Å². The molecular formula is C21H21FN4O. The number of anilines is 3. The van der Waals surface area contributed by atoms with Crippen LogP contribution in [0.5, 0.6) is 0 Å². The number of halogens is 1. The van der Waals surface area contributed by atoms with E-state index in [1.54, 1.807) is 12.1 Å². The van der Waals surface area contributed by atoms with E-state index in [0.717, 1.165) is 18.5 Å². The lowest BCUT2D eigenvalue weighted by Crippen LogP contribution is -2.14. The van der Waals surface area contributed by atoms with Gasteiger partial charge in [-0.3, -0.25) is 4.79 Å². The van der Waals surface area contributed by atoms with Crippen LogP contribution < -0.4 is 10.6 Å². The molecule has 0 aliphatic heterocycles. The van der Waals surface area contributed by atoms with Gasteiger partial charge in [-0.2, -0.15) is 0 Å². The van der Waals surface area contributed by atoms with E-state index < -0.39 is 11.7 Å². The van der Waals surface area contributed by atoms with Crippen molar-refractivity contribution < 1.29 is 9.18 Å². The minimum Gasteiger partial charge on any atom is -0.324 e. The fourth-order valence-corrected chi connectivity index (χ4v) is 2.78. The molecule has 0 bridgehead atoms. The summed E-state index contributed by atoms with van der Waals surface area (Å²) in [5.74, 6) is -0.545. The molecule has 0 aliphatic rings. The number of rotatable bonds is 6. The zero-order valence-electron chi connectivity index (χ0n) is 15.3. The quantitative estimate of drug-likeness (QED) is 0.663. The number of hydrogen-bond donors (Lipinski definition) is 2. The Bertz CT molecular complexity index is 919. The maximum Gasteiger partial charge on any atom is 0.258 e. The van der Waals surface area contributed by atoms with Crippen LogP contribution in [0.1, 0.15) is 35.3 Å². The van der Waals surface area contributed by atoms with Crippen LogP contribution >= 0.6 is 0 Å². The average molecular weight is 364 g/mol. The Balaban J connectivity index is 1.76. The Morgan fingerprint density at radius 3 is 2.19 bits per heavy atom. The molecule has 0 unspecified atom stereocenters. The van der Waals surface area contributed by atoms with Crippen molar-refractivity contribution in [3.63, 3.8) is 0 Å². The minimum atomic E-state index is -0.492. The van der Waals surface area contributed by atoms with Gasteiger partial charge in [0, 0.05) is 18.1 Å². The molecule has 2 aromatic carbocycles. The largest absolute Gasteiger partial charge is 0.324 e. The van der Waals surface area contributed by atoms with Gasteiger partial charge < -0.3 is 10.6 Å². The minimum absolute atomic E-state index is 0.120. The number of carbonyl (C=O) groups is 1. The fourth-order valence-electron chi connectivity index (χ4n) is 2.78. The topological polar surface area (TPSA) is 66.9 Å². The Kier molecular flexibility index (Phi) is 5.76. The number of para-hydroxylation sites is 2. The summed E-state index contributed by atoms with van der Waals surface area (Å²) in [6.07, 6.45) is 4.62. The second-order valence-corrected chi connectivity index (χ2v) is 6.01. The molecule has 138 valence electrons. The summed E-state index contributed by atoms with van der Waals surface area (Å²) in [4.78, 5) is 20.7.